The highest BCUT2D eigenvalue weighted by Crippen LogP contribution is 2.28. The minimum atomic E-state index is 0.238. The second kappa shape index (κ2) is 7.21. The monoisotopic (exact) mass is 276 g/mol. The molecule has 0 amide bonds. The largest absolute Gasteiger partial charge is 0.380 e. The number of ether oxygens (including phenoxy) is 1. The second-order valence-electron chi connectivity index (χ2n) is 5.84. The summed E-state index contributed by atoms with van der Waals surface area (Å²) in [6, 6.07) is 11.2. The lowest BCUT2D eigenvalue weighted by Gasteiger charge is -2.48. The van der Waals surface area contributed by atoms with Crippen molar-refractivity contribution in [2.45, 2.75) is 38.8 Å². The van der Waals surface area contributed by atoms with Crippen LogP contribution in [-0.2, 0) is 4.74 Å². The third-order valence-electron chi connectivity index (χ3n) is 4.57. The molecule has 2 atom stereocenters. The molecule has 1 aliphatic rings. The second-order valence-corrected chi connectivity index (χ2v) is 5.84. The first-order valence-electron chi connectivity index (χ1n) is 7.80. The molecule has 0 bridgehead atoms. The van der Waals surface area contributed by atoms with Gasteiger partial charge in [0.2, 0.25) is 0 Å². The summed E-state index contributed by atoms with van der Waals surface area (Å²) < 4.78 is 5.55. The lowest BCUT2D eigenvalue weighted by molar-refractivity contribution is 0.0189. The highest BCUT2D eigenvalue weighted by molar-refractivity contribution is 5.20. The van der Waals surface area contributed by atoms with E-state index in [0.717, 1.165) is 39.3 Å². The Morgan fingerprint density at radius 2 is 2.05 bits per heavy atom. The maximum atomic E-state index is 5.55. The number of hydrogen-bond donors (Lipinski definition) is 1. The summed E-state index contributed by atoms with van der Waals surface area (Å²) in [6.07, 6.45) is 1.16. The van der Waals surface area contributed by atoms with Gasteiger partial charge in [-0.15, -0.1) is 0 Å². The minimum Gasteiger partial charge on any atom is -0.380 e. The molecule has 0 spiro atoms. The van der Waals surface area contributed by atoms with E-state index >= 15 is 0 Å². The van der Waals surface area contributed by atoms with E-state index in [0.29, 0.717) is 6.04 Å². The molecule has 3 nitrogen and oxygen atoms in total. The van der Waals surface area contributed by atoms with Gasteiger partial charge in [0.15, 0.2) is 0 Å². The summed E-state index contributed by atoms with van der Waals surface area (Å²) in [6.45, 7) is 11.4. The molecule has 1 fully saturated rings. The SMILES string of the molecule is CCOCCN1CC(c2ccccc2)NCC1(C)CC. The lowest BCUT2D eigenvalue weighted by atomic mass is 9.90. The zero-order valence-electron chi connectivity index (χ0n) is 13.1. The van der Waals surface area contributed by atoms with Crippen molar-refractivity contribution in [1.29, 1.82) is 0 Å². The standard InChI is InChI=1S/C17H28N2O/c1-4-17(3)14-18-16(15-9-7-6-8-10-15)13-19(17)11-12-20-5-2/h6-10,16,18H,4-5,11-14H2,1-3H3. The van der Waals surface area contributed by atoms with Crippen LogP contribution in [0.4, 0.5) is 0 Å². The number of benzene rings is 1. The summed E-state index contributed by atoms with van der Waals surface area (Å²) >= 11 is 0. The smallest absolute Gasteiger partial charge is 0.0593 e. The first kappa shape index (κ1) is 15.5. The van der Waals surface area contributed by atoms with Gasteiger partial charge in [0.25, 0.3) is 0 Å². The molecule has 1 saturated heterocycles. The molecule has 0 radical (unpaired) electrons. The molecule has 1 aromatic rings. The van der Waals surface area contributed by atoms with Gasteiger partial charge in [-0.1, -0.05) is 37.3 Å². The molecule has 20 heavy (non-hydrogen) atoms. The highest BCUT2D eigenvalue weighted by Gasteiger charge is 2.36. The Labute approximate surface area is 123 Å². The Morgan fingerprint density at radius 3 is 2.70 bits per heavy atom. The van der Waals surface area contributed by atoms with Crippen molar-refractivity contribution in [1.82, 2.24) is 10.2 Å². The van der Waals surface area contributed by atoms with Crippen LogP contribution in [-0.4, -0.2) is 43.3 Å². The lowest BCUT2D eigenvalue weighted by Crippen LogP contribution is -2.60. The number of nitrogens with zero attached hydrogens (tertiary/aromatic N) is 1. The number of piperazine rings is 1. The predicted molar refractivity (Wildman–Crippen MR) is 83.9 cm³/mol. The summed E-state index contributed by atoms with van der Waals surface area (Å²) in [5.74, 6) is 0. The number of rotatable bonds is 6. The molecule has 2 rings (SSSR count). The Balaban J connectivity index is 2.04. The van der Waals surface area contributed by atoms with Gasteiger partial charge in [0.05, 0.1) is 6.61 Å². The van der Waals surface area contributed by atoms with E-state index in [1.807, 2.05) is 0 Å². The maximum Gasteiger partial charge on any atom is 0.0593 e. The predicted octanol–water partition coefficient (Wildman–Crippen LogP) is 2.84. The molecule has 1 aromatic carbocycles. The van der Waals surface area contributed by atoms with Crippen LogP contribution in [0.15, 0.2) is 30.3 Å². The normalized spacial score (nSPS) is 27.6. The minimum absolute atomic E-state index is 0.238. The van der Waals surface area contributed by atoms with Gasteiger partial charge >= 0.3 is 0 Å². The van der Waals surface area contributed by atoms with E-state index in [1.54, 1.807) is 0 Å². The highest BCUT2D eigenvalue weighted by atomic mass is 16.5. The number of nitrogens with one attached hydrogen (secondary N) is 1. The first-order chi connectivity index (χ1) is 9.69. The van der Waals surface area contributed by atoms with Gasteiger partial charge in [-0.25, -0.2) is 0 Å². The van der Waals surface area contributed by atoms with Gasteiger partial charge in [-0.05, 0) is 25.8 Å². The van der Waals surface area contributed by atoms with Crippen LogP contribution in [0.25, 0.3) is 0 Å². The van der Waals surface area contributed by atoms with E-state index in [9.17, 15) is 0 Å². The number of hydrogen-bond acceptors (Lipinski definition) is 3. The molecule has 1 N–H and O–H groups in total. The van der Waals surface area contributed by atoms with Crippen molar-refractivity contribution in [2.24, 2.45) is 0 Å². The van der Waals surface area contributed by atoms with Crippen molar-refractivity contribution < 1.29 is 4.74 Å². The quantitative estimate of drug-likeness (QED) is 0.809. The third kappa shape index (κ3) is 3.60. The van der Waals surface area contributed by atoms with Gasteiger partial charge < -0.3 is 10.1 Å². The molecular weight excluding hydrogens is 248 g/mol. The summed E-state index contributed by atoms with van der Waals surface area (Å²) in [5.41, 5.74) is 1.62. The van der Waals surface area contributed by atoms with E-state index in [1.165, 1.54) is 5.56 Å². The van der Waals surface area contributed by atoms with Crippen molar-refractivity contribution in [2.75, 3.05) is 32.8 Å². The third-order valence-corrected chi connectivity index (χ3v) is 4.57. The van der Waals surface area contributed by atoms with Crippen LogP contribution < -0.4 is 5.32 Å². The molecule has 112 valence electrons. The van der Waals surface area contributed by atoms with Crippen LogP contribution in [0.5, 0.6) is 0 Å². The summed E-state index contributed by atoms with van der Waals surface area (Å²) in [5, 5.41) is 3.71. The average Bonchev–Trinajstić information content (AvgIpc) is 2.50. The van der Waals surface area contributed by atoms with Gasteiger partial charge in [0.1, 0.15) is 0 Å². The fourth-order valence-corrected chi connectivity index (χ4v) is 2.90. The van der Waals surface area contributed by atoms with Gasteiger partial charge in [0, 0.05) is 37.8 Å². The fourth-order valence-electron chi connectivity index (χ4n) is 2.90. The molecule has 3 heteroatoms. The van der Waals surface area contributed by atoms with Gasteiger partial charge in [-0.3, -0.25) is 4.90 Å². The van der Waals surface area contributed by atoms with Crippen LogP contribution >= 0.6 is 0 Å². The van der Waals surface area contributed by atoms with Crippen molar-refractivity contribution >= 4 is 0 Å². The van der Waals surface area contributed by atoms with Crippen molar-refractivity contribution in [3.05, 3.63) is 35.9 Å². The molecule has 2 unspecified atom stereocenters. The van der Waals surface area contributed by atoms with E-state index < -0.39 is 0 Å². The summed E-state index contributed by atoms with van der Waals surface area (Å²) in [4.78, 5) is 2.59. The van der Waals surface area contributed by atoms with Crippen molar-refractivity contribution in [3.8, 4) is 0 Å². The Kier molecular flexibility index (Phi) is 5.58. The van der Waals surface area contributed by atoms with Crippen LogP contribution in [0.2, 0.25) is 0 Å². The van der Waals surface area contributed by atoms with E-state index in [-0.39, 0.29) is 5.54 Å². The topological polar surface area (TPSA) is 24.5 Å². The zero-order chi connectivity index (χ0) is 14.4. The van der Waals surface area contributed by atoms with E-state index in [4.69, 9.17) is 4.74 Å². The summed E-state index contributed by atoms with van der Waals surface area (Å²) in [7, 11) is 0. The molecule has 1 aliphatic heterocycles. The zero-order valence-corrected chi connectivity index (χ0v) is 13.1. The maximum absolute atomic E-state index is 5.55. The molecule has 0 aromatic heterocycles. The Hall–Kier alpha value is -0.900. The van der Waals surface area contributed by atoms with E-state index in [2.05, 4.69) is 61.3 Å². The molecule has 0 saturated carbocycles. The Morgan fingerprint density at radius 1 is 1.30 bits per heavy atom. The molecular formula is C17H28N2O. The molecule has 0 aliphatic carbocycles. The van der Waals surface area contributed by atoms with Crippen LogP contribution in [0.1, 0.15) is 38.8 Å². The van der Waals surface area contributed by atoms with Gasteiger partial charge in [-0.2, -0.15) is 0 Å². The molecule has 1 heterocycles. The Bertz CT molecular complexity index is 395. The van der Waals surface area contributed by atoms with Crippen molar-refractivity contribution in [3.63, 3.8) is 0 Å². The fraction of sp³-hybridized carbons (Fsp3) is 0.647. The average molecular weight is 276 g/mol. The van der Waals surface area contributed by atoms with Crippen LogP contribution in [0.3, 0.4) is 0 Å². The van der Waals surface area contributed by atoms with Crippen LogP contribution in [0, 0.1) is 0 Å². The first-order valence-corrected chi connectivity index (χ1v) is 7.80.